The van der Waals surface area contributed by atoms with Crippen molar-refractivity contribution >= 4 is 34.0 Å². The highest BCUT2D eigenvalue weighted by Crippen LogP contribution is 2.29. The van der Waals surface area contributed by atoms with Gasteiger partial charge in [-0.2, -0.15) is 0 Å². The van der Waals surface area contributed by atoms with E-state index in [9.17, 15) is 4.39 Å². The number of imidazole rings is 1. The molecule has 0 bridgehead atoms. The minimum Gasteiger partial charge on any atom is -0.396 e. The fourth-order valence-corrected chi connectivity index (χ4v) is 3.44. The van der Waals surface area contributed by atoms with Gasteiger partial charge in [0.15, 0.2) is 5.82 Å². The molecule has 7 nitrogen and oxygen atoms in total. The highest BCUT2D eigenvalue weighted by molar-refractivity contribution is 6.06. The highest BCUT2D eigenvalue weighted by atomic mass is 19.1. The first-order chi connectivity index (χ1) is 15.2. The molecule has 0 spiro atoms. The number of para-hydroxylation sites is 1. The summed E-state index contributed by atoms with van der Waals surface area (Å²) in [5.74, 6) is 0.929. The second kappa shape index (κ2) is 9.53. The quantitative estimate of drug-likeness (QED) is 0.248. The van der Waals surface area contributed by atoms with Gasteiger partial charge in [0.25, 0.3) is 0 Å². The number of benzene rings is 2. The second-order valence-corrected chi connectivity index (χ2v) is 7.00. The van der Waals surface area contributed by atoms with Crippen molar-refractivity contribution in [3.63, 3.8) is 0 Å². The zero-order valence-electron chi connectivity index (χ0n) is 17.3. The highest BCUT2D eigenvalue weighted by Gasteiger charge is 2.17. The Labute approximate surface area is 179 Å². The third-order valence-electron chi connectivity index (χ3n) is 4.89. The predicted octanol–water partition coefficient (Wildman–Crippen LogP) is 4.28. The summed E-state index contributed by atoms with van der Waals surface area (Å²) < 4.78 is 20.7. The van der Waals surface area contributed by atoms with E-state index < -0.39 is 0 Å². The van der Waals surface area contributed by atoms with Crippen LogP contribution in [-0.4, -0.2) is 34.0 Å². The van der Waals surface area contributed by atoms with Gasteiger partial charge in [-0.1, -0.05) is 35.5 Å². The van der Waals surface area contributed by atoms with E-state index in [0.29, 0.717) is 44.1 Å². The van der Waals surface area contributed by atoms with Crippen LogP contribution in [-0.2, 0) is 22.7 Å². The van der Waals surface area contributed by atoms with Gasteiger partial charge in [-0.3, -0.25) is 0 Å². The van der Waals surface area contributed by atoms with Crippen LogP contribution in [0.3, 0.4) is 0 Å². The number of oxime groups is 1. The fourth-order valence-electron chi connectivity index (χ4n) is 3.44. The molecule has 2 heterocycles. The number of pyridine rings is 1. The van der Waals surface area contributed by atoms with Gasteiger partial charge in [0.2, 0.25) is 0 Å². The van der Waals surface area contributed by atoms with Crippen molar-refractivity contribution in [3.8, 4) is 0 Å². The summed E-state index contributed by atoms with van der Waals surface area (Å²) >= 11 is 0. The van der Waals surface area contributed by atoms with Gasteiger partial charge in [0, 0.05) is 25.0 Å². The molecule has 0 aliphatic heterocycles. The van der Waals surface area contributed by atoms with Crippen LogP contribution < -0.4 is 5.73 Å². The van der Waals surface area contributed by atoms with E-state index in [2.05, 4.69) is 14.7 Å². The van der Waals surface area contributed by atoms with Crippen molar-refractivity contribution in [2.24, 2.45) is 5.16 Å². The number of aryl methyl sites for hydroxylation is 1. The first kappa shape index (κ1) is 20.7. The van der Waals surface area contributed by atoms with E-state index >= 15 is 0 Å². The third kappa shape index (κ3) is 4.64. The Morgan fingerprint density at radius 1 is 1.13 bits per heavy atom. The number of rotatable bonds is 9. The molecule has 31 heavy (non-hydrogen) atoms. The number of nitrogens with two attached hydrogens (primary N) is 1. The molecule has 0 saturated carbocycles. The number of nitrogen functional groups attached to an aromatic ring is 1. The molecular formula is C23H24FN5O2. The van der Waals surface area contributed by atoms with Crippen LogP contribution in [0.1, 0.15) is 24.7 Å². The lowest BCUT2D eigenvalue weighted by atomic mass is 10.2. The summed E-state index contributed by atoms with van der Waals surface area (Å²) in [7, 11) is 0. The standard InChI is InChI=1S/C23H24FN5O2/c1-2-30-15-20-28-21-22(18-6-3-4-7-19(18)27-23(21)25)29(20)12-5-13-31-26-14-16-8-10-17(24)11-9-16/h3-4,6-11,14H,2,5,12-13,15H2,1H3,(H2,25,27). The molecule has 160 valence electrons. The van der Waals surface area contributed by atoms with Gasteiger partial charge in [0.1, 0.15) is 30.4 Å². The van der Waals surface area contributed by atoms with Crippen LogP contribution >= 0.6 is 0 Å². The Hall–Kier alpha value is -3.52. The molecule has 0 fully saturated rings. The predicted molar refractivity (Wildman–Crippen MR) is 119 cm³/mol. The molecule has 0 aliphatic rings. The van der Waals surface area contributed by atoms with Crippen molar-refractivity contribution in [1.29, 1.82) is 0 Å². The van der Waals surface area contributed by atoms with Crippen molar-refractivity contribution in [2.75, 3.05) is 18.9 Å². The average Bonchev–Trinajstić information content (AvgIpc) is 3.15. The lowest BCUT2D eigenvalue weighted by Gasteiger charge is -2.10. The molecule has 0 unspecified atom stereocenters. The molecule has 4 aromatic rings. The largest absolute Gasteiger partial charge is 0.396 e. The Bertz CT molecular complexity index is 1200. The summed E-state index contributed by atoms with van der Waals surface area (Å²) in [6.45, 7) is 4.02. The van der Waals surface area contributed by atoms with Crippen LogP contribution in [0.2, 0.25) is 0 Å². The first-order valence-corrected chi connectivity index (χ1v) is 10.2. The van der Waals surface area contributed by atoms with Crippen LogP contribution in [0.25, 0.3) is 21.9 Å². The number of anilines is 1. The number of fused-ring (bicyclic) bond motifs is 3. The summed E-state index contributed by atoms with van der Waals surface area (Å²) in [6.07, 6.45) is 2.27. The number of hydrogen-bond donors (Lipinski definition) is 1. The van der Waals surface area contributed by atoms with Crippen LogP contribution in [0.5, 0.6) is 0 Å². The van der Waals surface area contributed by atoms with Crippen molar-refractivity contribution in [3.05, 3.63) is 65.7 Å². The lowest BCUT2D eigenvalue weighted by molar-refractivity contribution is 0.122. The number of halogens is 1. The van der Waals surface area contributed by atoms with E-state index in [1.807, 2.05) is 31.2 Å². The first-order valence-electron chi connectivity index (χ1n) is 10.2. The summed E-state index contributed by atoms with van der Waals surface area (Å²) in [4.78, 5) is 14.6. The van der Waals surface area contributed by atoms with Crippen molar-refractivity contribution < 1.29 is 14.0 Å². The van der Waals surface area contributed by atoms with Gasteiger partial charge in [-0.15, -0.1) is 0 Å². The lowest BCUT2D eigenvalue weighted by Crippen LogP contribution is -2.08. The second-order valence-electron chi connectivity index (χ2n) is 7.00. The molecule has 0 atom stereocenters. The average molecular weight is 421 g/mol. The molecule has 8 heteroatoms. The smallest absolute Gasteiger partial charge is 0.152 e. The Morgan fingerprint density at radius 2 is 1.94 bits per heavy atom. The van der Waals surface area contributed by atoms with Gasteiger partial charge < -0.3 is 19.9 Å². The zero-order valence-corrected chi connectivity index (χ0v) is 17.3. The summed E-state index contributed by atoms with van der Waals surface area (Å²) in [5.41, 5.74) is 9.44. The van der Waals surface area contributed by atoms with E-state index in [-0.39, 0.29) is 5.82 Å². The number of hydrogen-bond acceptors (Lipinski definition) is 6. The van der Waals surface area contributed by atoms with E-state index in [4.69, 9.17) is 20.3 Å². The zero-order chi connectivity index (χ0) is 21.6. The van der Waals surface area contributed by atoms with E-state index in [1.54, 1.807) is 18.3 Å². The molecule has 0 amide bonds. The third-order valence-corrected chi connectivity index (χ3v) is 4.89. The Morgan fingerprint density at radius 3 is 2.74 bits per heavy atom. The molecule has 2 aromatic carbocycles. The van der Waals surface area contributed by atoms with Gasteiger partial charge in [0.05, 0.1) is 17.2 Å². The Kier molecular flexibility index (Phi) is 6.37. The maximum absolute atomic E-state index is 12.9. The summed E-state index contributed by atoms with van der Waals surface area (Å²) in [5, 5.41) is 4.96. The maximum atomic E-state index is 12.9. The minimum absolute atomic E-state index is 0.281. The van der Waals surface area contributed by atoms with Crippen LogP contribution in [0.15, 0.2) is 53.7 Å². The van der Waals surface area contributed by atoms with E-state index in [1.165, 1.54) is 12.1 Å². The number of ether oxygens (including phenoxy) is 1. The number of aromatic nitrogens is 3. The molecule has 2 aromatic heterocycles. The van der Waals surface area contributed by atoms with E-state index in [0.717, 1.165) is 27.8 Å². The van der Waals surface area contributed by atoms with Gasteiger partial charge in [-0.25, -0.2) is 14.4 Å². The molecule has 0 saturated heterocycles. The molecule has 0 radical (unpaired) electrons. The minimum atomic E-state index is -0.281. The SMILES string of the molecule is CCOCc1nc2c(N)nc3ccccc3c2n1CCCON=Cc1ccc(F)cc1. The molecule has 4 rings (SSSR count). The van der Waals surface area contributed by atoms with Crippen molar-refractivity contribution in [1.82, 2.24) is 14.5 Å². The molecule has 0 aliphatic carbocycles. The van der Waals surface area contributed by atoms with Gasteiger partial charge in [-0.05, 0) is 30.7 Å². The van der Waals surface area contributed by atoms with Crippen molar-refractivity contribution in [2.45, 2.75) is 26.5 Å². The monoisotopic (exact) mass is 421 g/mol. The fraction of sp³-hybridized carbons (Fsp3) is 0.261. The van der Waals surface area contributed by atoms with Crippen LogP contribution in [0.4, 0.5) is 10.2 Å². The van der Waals surface area contributed by atoms with Gasteiger partial charge >= 0.3 is 0 Å². The normalized spacial score (nSPS) is 11.7. The molecule has 2 N–H and O–H groups in total. The number of nitrogens with zero attached hydrogens (tertiary/aromatic N) is 4. The summed E-state index contributed by atoms with van der Waals surface area (Å²) in [6, 6.07) is 13.9. The molecular weight excluding hydrogens is 397 g/mol. The van der Waals surface area contributed by atoms with Crippen LogP contribution in [0, 0.1) is 5.82 Å². The topological polar surface area (TPSA) is 87.6 Å². The maximum Gasteiger partial charge on any atom is 0.152 e. The Balaban J connectivity index is 1.52.